The van der Waals surface area contributed by atoms with Crippen LogP contribution in [0.1, 0.15) is 23.3 Å². The highest BCUT2D eigenvalue weighted by atomic mass is 32.1. The van der Waals surface area contributed by atoms with Gasteiger partial charge in [0, 0.05) is 24.5 Å². The maximum Gasteiger partial charge on any atom is 0.0248 e. The molecule has 0 atom stereocenters. The molecule has 1 aromatic rings. The largest absolute Gasteiger partial charge is 0.294 e. The quantitative estimate of drug-likeness (QED) is 0.754. The first kappa shape index (κ1) is 10.3. The lowest BCUT2D eigenvalue weighted by molar-refractivity contribution is 0.279. The first-order chi connectivity index (χ1) is 7.92. The summed E-state index contributed by atoms with van der Waals surface area (Å²) in [4.78, 5) is 4.17. The molecule has 0 unspecified atom stereocenters. The lowest BCUT2D eigenvalue weighted by Crippen LogP contribution is -2.31. The van der Waals surface area contributed by atoms with Crippen molar-refractivity contribution in [3.05, 3.63) is 45.7 Å². The van der Waals surface area contributed by atoms with Gasteiger partial charge in [-0.3, -0.25) is 4.90 Å². The van der Waals surface area contributed by atoms with Crippen LogP contribution in [-0.2, 0) is 13.0 Å². The van der Waals surface area contributed by atoms with Crippen LogP contribution in [0, 0.1) is 0 Å². The first-order valence-electron chi connectivity index (χ1n) is 6.05. The van der Waals surface area contributed by atoms with E-state index >= 15 is 0 Å². The Morgan fingerprint density at radius 3 is 3.19 bits per heavy atom. The number of fused-ring (bicyclic) bond motifs is 1. The van der Waals surface area contributed by atoms with E-state index in [2.05, 4.69) is 34.6 Å². The van der Waals surface area contributed by atoms with Crippen molar-refractivity contribution in [3.8, 4) is 0 Å². The van der Waals surface area contributed by atoms with Gasteiger partial charge in [-0.2, -0.15) is 0 Å². The zero-order chi connectivity index (χ0) is 10.8. The van der Waals surface area contributed by atoms with Gasteiger partial charge in [0.15, 0.2) is 0 Å². The topological polar surface area (TPSA) is 3.24 Å². The number of rotatable bonds is 2. The Hall–Kier alpha value is -0.860. The minimum absolute atomic E-state index is 1.13. The second-order valence-corrected chi connectivity index (χ2v) is 5.59. The Kier molecular flexibility index (Phi) is 2.94. The van der Waals surface area contributed by atoms with Gasteiger partial charge in [0.1, 0.15) is 0 Å². The molecule has 16 heavy (non-hydrogen) atoms. The number of hydrogen-bond acceptors (Lipinski definition) is 2. The van der Waals surface area contributed by atoms with Crippen molar-refractivity contribution >= 4 is 11.3 Å². The minimum Gasteiger partial charge on any atom is -0.294 e. The molecule has 0 bridgehead atoms. The molecule has 1 aliphatic heterocycles. The van der Waals surface area contributed by atoms with Crippen LogP contribution < -0.4 is 0 Å². The maximum absolute atomic E-state index is 2.57. The summed E-state index contributed by atoms with van der Waals surface area (Å²) in [7, 11) is 0. The highest BCUT2D eigenvalue weighted by molar-refractivity contribution is 7.10. The summed E-state index contributed by atoms with van der Waals surface area (Å²) in [6, 6.07) is 2.29. The monoisotopic (exact) mass is 231 g/mol. The molecule has 0 spiro atoms. The SMILES string of the molecule is C1=CC(CN2CCc3sccc3C2)=CCC1. The molecule has 2 aliphatic rings. The predicted octanol–water partition coefficient (Wildman–Crippen LogP) is 3.38. The predicted molar refractivity (Wildman–Crippen MR) is 69.8 cm³/mol. The molecule has 1 aliphatic carbocycles. The van der Waals surface area contributed by atoms with Crippen LogP contribution in [0.4, 0.5) is 0 Å². The van der Waals surface area contributed by atoms with E-state index < -0.39 is 0 Å². The summed E-state index contributed by atoms with van der Waals surface area (Å²) in [5.74, 6) is 0. The molecule has 3 rings (SSSR count). The van der Waals surface area contributed by atoms with Crippen LogP contribution in [0.25, 0.3) is 0 Å². The third-order valence-corrected chi connectivity index (χ3v) is 4.39. The first-order valence-corrected chi connectivity index (χ1v) is 6.93. The van der Waals surface area contributed by atoms with Crippen molar-refractivity contribution < 1.29 is 0 Å². The zero-order valence-electron chi connectivity index (χ0n) is 9.48. The highest BCUT2D eigenvalue weighted by Crippen LogP contribution is 2.24. The van der Waals surface area contributed by atoms with Gasteiger partial charge in [0.2, 0.25) is 0 Å². The molecule has 0 saturated heterocycles. The Labute approximate surface area is 101 Å². The summed E-state index contributed by atoms with van der Waals surface area (Å²) >= 11 is 1.92. The Bertz CT molecular complexity index is 428. The molecule has 1 nitrogen and oxygen atoms in total. The van der Waals surface area contributed by atoms with E-state index in [1.54, 1.807) is 10.4 Å². The second-order valence-electron chi connectivity index (χ2n) is 4.59. The molecule has 0 aromatic carbocycles. The number of nitrogens with zero attached hydrogens (tertiary/aromatic N) is 1. The average Bonchev–Trinajstić information content (AvgIpc) is 2.77. The van der Waals surface area contributed by atoms with E-state index in [4.69, 9.17) is 0 Å². The van der Waals surface area contributed by atoms with E-state index in [-0.39, 0.29) is 0 Å². The molecule has 0 N–H and O–H groups in total. The fourth-order valence-corrected chi connectivity index (χ4v) is 3.37. The number of thiophene rings is 1. The summed E-state index contributed by atoms with van der Waals surface area (Å²) < 4.78 is 0. The van der Waals surface area contributed by atoms with E-state index in [1.807, 2.05) is 11.3 Å². The molecule has 0 amide bonds. The van der Waals surface area contributed by atoms with Gasteiger partial charge in [-0.1, -0.05) is 18.2 Å². The molecule has 2 heteroatoms. The van der Waals surface area contributed by atoms with Gasteiger partial charge in [0.05, 0.1) is 0 Å². The van der Waals surface area contributed by atoms with Crippen molar-refractivity contribution in [2.24, 2.45) is 0 Å². The van der Waals surface area contributed by atoms with Crippen LogP contribution in [0.5, 0.6) is 0 Å². The van der Waals surface area contributed by atoms with Gasteiger partial charge in [-0.15, -0.1) is 11.3 Å². The van der Waals surface area contributed by atoms with Crippen LogP contribution in [0.3, 0.4) is 0 Å². The van der Waals surface area contributed by atoms with Crippen LogP contribution >= 0.6 is 11.3 Å². The van der Waals surface area contributed by atoms with Crippen molar-refractivity contribution in [1.29, 1.82) is 0 Å². The maximum atomic E-state index is 2.57. The molecule has 0 saturated carbocycles. The summed E-state index contributed by atoms with van der Waals surface area (Å²) in [5, 5.41) is 2.23. The lowest BCUT2D eigenvalue weighted by atomic mass is 10.0. The zero-order valence-corrected chi connectivity index (χ0v) is 10.3. The minimum atomic E-state index is 1.13. The van der Waals surface area contributed by atoms with Crippen molar-refractivity contribution in [2.45, 2.75) is 25.8 Å². The standard InChI is InChI=1S/C14H17NS/c1-2-4-12(5-3-1)10-15-8-6-14-13(11-15)7-9-16-14/h2,4-5,7,9H,1,3,6,8,10-11H2. The molecule has 0 fully saturated rings. The third kappa shape index (κ3) is 2.13. The highest BCUT2D eigenvalue weighted by Gasteiger charge is 2.17. The van der Waals surface area contributed by atoms with Gasteiger partial charge in [-0.25, -0.2) is 0 Å². The molecule has 2 heterocycles. The lowest BCUT2D eigenvalue weighted by Gasteiger charge is -2.27. The van der Waals surface area contributed by atoms with Gasteiger partial charge < -0.3 is 0 Å². The summed E-state index contributed by atoms with van der Waals surface area (Å²) in [6.07, 6.45) is 10.7. The van der Waals surface area contributed by atoms with Crippen molar-refractivity contribution in [3.63, 3.8) is 0 Å². The van der Waals surface area contributed by atoms with E-state index in [9.17, 15) is 0 Å². The Morgan fingerprint density at radius 2 is 2.31 bits per heavy atom. The molecular formula is C14H17NS. The van der Waals surface area contributed by atoms with Gasteiger partial charge in [0.25, 0.3) is 0 Å². The molecule has 1 aromatic heterocycles. The van der Waals surface area contributed by atoms with Crippen molar-refractivity contribution in [1.82, 2.24) is 4.90 Å². The summed E-state index contributed by atoms with van der Waals surface area (Å²) in [5.41, 5.74) is 3.06. The van der Waals surface area contributed by atoms with Crippen LogP contribution in [-0.4, -0.2) is 18.0 Å². The number of hydrogen-bond donors (Lipinski definition) is 0. The van der Waals surface area contributed by atoms with E-state index in [0.29, 0.717) is 0 Å². The summed E-state index contributed by atoms with van der Waals surface area (Å²) in [6.45, 7) is 3.49. The van der Waals surface area contributed by atoms with Crippen LogP contribution in [0.2, 0.25) is 0 Å². The van der Waals surface area contributed by atoms with Crippen molar-refractivity contribution in [2.75, 3.05) is 13.1 Å². The Balaban J connectivity index is 1.66. The fraction of sp³-hybridized carbons (Fsp3) is 0.429. The Morgan fingerprint density at radius 1 is 1.31 bits per heavy atom. The second kappa shape index (κ2) is 4.56. The average molecular weight is 231 g/mol. The smallest absolute Gasteiger partial charge is 0.0248 e. The molecule has 0 radical (unpaired) electrons. The fourth-order valence-electron chi connectivity index (χ4n) is 2.49. The van der Waals surface area contributed by atoms with Gasteiger partial charge >= 0.3 is 0 Å². The number of allylic oxidation sites excluding steroid dienone is 2. The third-order valence-electron chi connectivity index (χ3n) is 3.36. The van der Waals surface area contributed by atoms with Crippen LogP contribution in [0.15, 0.2) is 35.2 Å². The molecular weight excluding hydrogens is 214 g/mol. The van der Waals surface area contributed by atoms with E-state index in [0.717, 1.165) is 13.1 Å². The van der Waals surface area contributed by atoms with E-state index in [1.165, 1.54) is 31.4 Å². The van der Waals surface area contributed by atoms with Gasteiger partial charge in [-0.05, 0) is 41.8 Å². The normalized spacial score (nSPS) is 20.6. The molecule has 84 valence electrons.